The van der Waals surface area contributed by atoms with Crippen molar-refractivity contribution >= 4 is 11.9 Å². The molecular formula is C83H159NO5. The van der Waals surface area contributed by atoms with Crippen molar-refractivity contribution in [2.45, 2.75) is 469 Å². The molecule has 2 unspecified atom stereocenters. The van der Waals surface area contributed by atoms with E-state index < -0.39 is 12.1 Å². The number of aliphatic hydroxyl groups excluding tert-OH is 2. The van der Waals surface area contributed by atoms with Gasteiger partial charge in [0.05, 0.1) is 25.4 Å². The highest BCUT2D eigenvalue weighted by atomic mass is 16.5. The van der Waals surface area contributed by atoms with Gasteiger partial charge in [-0.15, -0.1) is 0 Å². The average Bonchev–Trinajstić information content (AvgIpc) is 3.57. The van der Waals surface area contributed by atoms with E-state index in [0.29, 0.717) is 19.4 Å². The molecule has 0 aromatic heterocycles. The predicted molar refractivity (Wildman–Crippen MR) is 393 cm³/mol. The molecule has 6 heteroatoms. The Kier molecular flexibility index (Phi) is 76.8. The fraction of sp³-hybridized carbons (Fsp3) is 0.904. The molecule has 0 bridgehead atoms. The van der Waals surface area contributed by atoms with Gasteiger partial charge in [-0.05, 0) is 83.5 Å². The normalized spacial score (nSPS) is 12.6. The van der Waals surface area contributed by atoms with Gasteiger partial charge < -0.3 is 20.3 Å². The quantitative estimate of drug-likeness (QED) is 0.0320. The number of unbranched alkanes of at least 4 members (excludes halogenated alkanes) is 62. The summed E-state index contributed by atoms with van der Waals surface area (Å²) in [5.41, 5.74) is 0. The van der Waals surface area contributed by atoms with Crippen molar-refractivity contribution in [2.24, 2.45) is 0 Å². The minimum absolute atomic E-state index is 0.0155. The average molecular weight is 1250 g/mol. The lowest BCUT2D eigenvalue weighted by atomic mass is 10.0. The second-order valence-corrected chi connectivity index (χ2v) is 28.1. The van der Waals surface area contributed by atoms with Crippen molar-refractivity contribution in [2.75, 3.05) is 13.2 Å². The maximum atomic E-state index is 12.6. The van der Waals surface area contributed by atoms with E-state index in [4.69, 9.17) is 4.74 Å². The van der Waals surface area contributed by atoms with Gasteiger partial charge in [-0.25, -0.2) is 0 Å². The van der Waals surface area contributed by atoms with Gasteiger partial charge in [0.25, 0.3) is 0 Å². The fourth-order valence-electron chi connectivity index (χ4n) is 12.9. The summed E-state index contributed by atoms with van der Waals surface area (Å²) in [6.45, 7) is 4.95. The lowest BCUT2D eigenvalue weighted by Crippen LogP contribution is -2.45. The van der Waals surface area contributed by atoms with Gasteiger partial charge in [0, 0.05) is 12.8 Å². The third-order valence-corrected chi connectivity index (χ3v) is 19.1. The van der Waals surface area contributed by atoms with Crippen LogP contribution in [0.2, 0.25) is 0 Å². The van der Waals surface area contributed by atoms with E-state index in [1.165, 1.54) is 385 Å². The zero-order valence-corrected chi connectivity index (χ0v) is 60.4. The standard InChI is InChI=1S/C83H159NO5/c1-3-5-7-9-11-13-15-17-19-21-22-23-34-37-40-44-47-51-55-59-63-67-71-75-81(86)80(79-85)84-82(87)76-72-68-64-60-56-52-48-45-41-38-35-32-30-28-26-24-25-27-29-31-33-36-39-42-46-50-54-58-62-66-70-74-78-89-83(88)77-73-69-65-61-57-53-49-43-20-18-16-14-12-10-8-6-4-2/h18,20,27,29,71,75,80-81,85-86H,3-17,19,21-26,28,30-70,72-74,76-79H2,1-2H3,(H,84,87)/b20-18-,29-27-,75-71+. The Labute approximate surface area is 557 Å². The zero-order valence-electron chi connectivity index (χ0n) is 60.4. The van der Waals surface area contributed by atoms with Gasteiger partial charge in [-0.2, -0.15) is 0 Å². The molecular weight excluding hydrogens is 1090 g/mol. The molecule has 0 aliphatic carbocycles. The summed E-state index contributed by atoms with van der Waals surface area (Å²) in [5.74, 6) is -0.0450. The van der Waals surface area contributed by atoms with Crippen molar-refractivity contribution in [1.82, 2.24) is 5.32 Å². The predicted octanol–water partition coefficient (Wildman–Crippen LogP) is 27.0. The zero-order chi connectivity index (χ0) is 64.2. The Hall–Kier alpha value is -1.92. The van der Waals surface area contributed by atoms with Crippen LogP contribution in [0.1, 0.15) is 457 Å². The van der Waals surface area contributed by atoms with Gasteiger partial charge in [-0.1, -0.05) is 397 Å². The van der Waals surface area contributed by atoms with Gasteiger partial charge in [0.2, 0.25) is 5.91 Å². The number of rotatable bonds is 77. The molecule has 0 saturated heterocycles. The molecule has 6 nitrogen and oxygen atoms in total. The first kappa shape index (κ1) is 87.1. The highest BCUT2D eigenvalue weighted by Gasteiger charge is 2.18. The van der Waals surface area contributed by atoms with E-state index in [2.05, 4.69) is 43.5 Å². The Morgan fingerprint density at radius 3 is 0.798 bits per heavy atom. The van der Waals surface area contributed by atoms with Crippen LogP contribution in [0.4, 0.5) is 0 Å². The molecule has 2 atom stereocenters. The topological polar surface area (TPSA) is 95.9 Å². The van der Waals surface area contributed by atoms with E-state index >= 15 is 0 Å². The van der Waals surface area contributed by atoms with Crippen LogP contribution >= 0.6 is 0 Å². The SMILES string of the molecule is CCCCCCCC/C=C\CCCCCCCCCC(=O)OCCCCCCCCCCCCCC/C=C\CCCCCCCCCCCCCCCCCCC(=O)NC(CO)C(O)/C=C/CCCCCCCCCCCCCCCCCCCCCCC. The van der Waals surface area contributed by atoms with E-state index in [1.54, 1.807) is 6.08 Å². The number of nitrogens with one attached hydrogen (secondary N) is 1. The summed E-state index contributed by atoms with van der Waals surface area (Å²) in [6, 6.07) is -0.628. The van der Waals surface area contributed by atoms with Gasteiger partial charge in [0.15, 0.2) is 0 Å². The summed E-state index contributed by atoms with van der Waals surface area (Å²) in [4.78, 5) is 24.7. The van der Waals surface area contributed by atoms with Gasteiger partial charge in [-0.3, -0.25) is 9.59 Å². The van der Waals surface area contributed by atoms with E-state index in [1.807, 2.05) is 6.08 Å². The van der Waals surface area contributed by atoms with Crippen molar-refractivity contribution in [3.05, 3.63) is 36.5 Å². The number of aliphatic hydroxyl groups is 2. The van der Waals surface area contributed by atoms with Crippen LogP contribution in [0.15, 0.2) is 36.5 Å². The van der Waals surface area contributed by atoms with Crippen LogP contribution in [-0.4, -0.2) is 47.4 Å². The first-order chi connectivity index (χ1) is 44.0. The van der Waals surface area contributed by atoms with Crippen LogP contribution in [-0.2, 0) is 14.3 Å². The number of allylic oxidation sites excluding steroid dienone is 5. The number of carbonyl (C=O) groups excluding carboxylic acids is 2. The molecule has 0 fully saturated rings. The summed E-state index contributed by atoms with van der Waals surface area (Å²) >= 11 is 0. The lowest BCUT2D eigenvalue weighted by Gasteiger charge is -2.20. The molecule has 0 rings (SSSR count). The number of ether oxygens (including phenoxy) is 1. The smallest absolute Gasteiger partial charge is 0.305 e. The van der Waals surface area contributed by atoms with Crippen LogP contribution < -0.4 is 5.32 Å². The molecule has 0 aliphatic rings. The minimum Gasteiger partial charge on any atom is -0.466 e. The van der Waals surface area contributed by atoms with Crippen molar-refractivity contribution < 1.29 is 24.5 Å². The second kappa shape index (κ2) is 78.5. The van der Waals surface area contributed by atoms with Gasteiger partial charge >= 0.3 is 5.97 Å². The van der Waals surface area contributed by atoms with E-state index in [9.17, 15) is 19.8 Å². The summed E-state index contributed by atoms with van der Waals surface area (Å²) < 4.78 is 5.51. The van der Waals surface area contributed by atoms with Crippen LogP contribution in [0, 0.1) is 0 Å². The maximum absolute atomic E-state index is 12.6. The molecule has 3 N–H and O–H groups in total. The van der Waals surface area contributed by atoms with Crippen molar-refractivity contribution in [3.63, 3.8) is 0 Å². The number of amides is 1. The third kappa shape index (κ3) is 75.0. The Balaban J connectivity index is 3.37. The number of hydrogen-bond acceptors (Lipinski definition) is 5. The Morgan fingerprint density at radius 2 is 0.528 bits per heavy atom. The second-order valence-electron chi connectivity index (χ2n) is 28.1. The summed E-state index contributed by atoms with van der Waals surface area (Å²) in [7, 11) is 0. The Bertz CT molecular complexity index is 1440. The molecule has 1 amide bonds. The summed E-state index contributed by atoms with van der Waals surface area (Å²) in [6.07, 6.45) is 103. The van der Waals surface area contributed by atoms with Crippen LogP contribution in [0.3, 0.4) is 0 Å². The van der Waals surface area contributed by atoms with Crippen molar-refractivity contribution in [3.8, 4) is 0 Å². The number of hydrogen-bond donors (Lipinski definition) is 3. The minimum atomic E-state index is -0.844. The molecule has 526 valence electrons. The molecule has 0 aliphatic heterocycles. The fourth-order valence-corrected chi connectivity index (χ4v) is 12.9. The molecule has 0 aromatic carbocycles. The first-order valence-electron chi connectivity index (χ1n) is 40.8. The molecule has 0 spiro atoms. The highest BCUT2D eigenvalue weighted by Crippen LogP contribution is 2.20. The molecule has 0 saturated carbocycles. The lowest BCUT2D eigenvalue weighted by molar-refractivity contribution is -0.143. The third-order valence-electron chi connectivity index (χ3n) is 19.1. The monoisotopic (exact) mass is 1250 g/mol. The van der Waals surface area contributed by atoms with E-state index in [0.717, 1.165) is 44.9 Å². The number of esters is 1. The molecule has 0 radical (unpaired) electrons. The molecule has 89 heavy (non-hydrogen) atoms. The highest BCUT2D eigenvalue weighted by molar-refractivity contribution is 5.76. The largest absolute Gasteiger partial charge is 0.466 e. The van der Waals surface area contributed by atoms with Crippen LogP contribution in [0.5, 0.6) is 0 Å². The van der Waals surface area contributed by atoms with Crippen LogP contribution in [0.25, 0.3) is 0 Å². The molecule has 0 aromatic rings. The summed E-state index contributed by atoms with van der Waals surface area (Å²) in [5, 5.41) is 23.3. The Morgan fingerprint density at radius 1 is 0.303 bits per heavy atom. The first-order valence-corrected chi connectivity index (χ1v) is 40.8. The van der Waals surface area contributed by atoms with Crippen molar-refractivity contribution in [1.29, 1.82) is 0 Å². The molecule has 0 heterocycles. The van der Waals surface area contributed by atoms with Gasteiger partial charge in [0.1, 0.15) is 0 Å². The number of carbonyl (C=O) groups is 2. The maximum Gasteiger partial charge on any atom is 0.305 e. The van der Waals surface area contributed by atoms with E-state index in [-0.39, 0.29) is 18.5 Å².